The summed E-state index contributed by atoms with van der Waals surface area (Å²) >= 11 is 0. The van der Waals surface area contributed by atoms with E-state index in [2.05, 4.69) is 5.32 Å². The van der Waals surface area contributed by atoms with Crippen molar-refractivity contribution in [3.05, 3.63) is 23.8 Å². The normalized spacial score (nSPS) is 16.8. The molecule has 0 saturated carbocycles. The smallest absolute Gasteiger partial charge is 0.370 e. The molecule has 0 bridgehead atoms. The Morgan fingerprint density at radius 2 is 1.96 bits per heavy atom. The second-order valence-corrected chi connectivity index (χ2v) is 6.34. The van der Waals surface area contributed by atoms with E-state index < -0.39 is 11.7 Å². The molecule has 1 heterocycles. The standard InChI is InChI=1S/C17H24F3N3O/c1-12(21)5-8-16(24)22-14-11-13(17(18,19)20)6-7-15(14)23-9-3-2-4-10-23/h6-7,11-12H,2-5,8-10,21H2,1H3,(H,22,24). The summed E-state index contributed by atoms with van der Waals surface area (Å²) in [5.41, 5.74) is 5.74. The van der Waals surface area contributed by atoms with Crippen LogP contribution in [0.3, 0.4) is 0 Å². The number of nitrogens with one attached hydrogen (secondary N) is 1. The van der Waals surface area contributed by atoms with Crippen molar-refractivity contribution in [3.8, 4) is 0 Å². The van der Waals surface area contributed by atoms with Crippen LogP contribution in [0.25, 0.3) is 0 Å². The summed E-state index contributed by atoms with van der Waals surface area (Å²) in [5.74, 6) is -0.315. The maximum Gasteiger partial charge on any atom is 0.416 e. The van der Waals surface area contributed by atoms with Crippen molar-refractivity contribution in [1.29, 1.82) is 0 Å². The quantitative estimate of drug-likeness (QED) is 0.856. The molecule has 2 rings (SSSR count). The highest BCUT2D eigenvalue weighted by molar-refractivity contribution is 5.94. The molecule has 1 atom stereocenters. The molecule has 134 valence electrons. The minimum absolute atomic E-state index is 0.126. The van der Waals surface area contributed by atoms with Crippen LogP contribution >= 0.6 is 0 Å². The van der Waals surface area contributed by atoms with Gasteiger partial charge in [0.2, 0.25) is 5.91 Å². The minimum Gasteiger partial charge on any atom is -0.370 e. The van der Waals surface area contributed by atoms with Gasteiger partial charge in [-0.3, -0.25) is 4.79 Å². The molecule has 4 nitrogen and oxygen atoms in total. The van der Waals surface area contributed by atoms with E-state index in [1.807, 2.05) is 4.90 Å². The van der Waals surface area contributed by atoms with E-state index >= 15 is 0 Å². The lowest BCUT2D eigenvalue weighted by Crippen LogP contribution is -2.30. The van der Waals surface area contributed by atoms with Crippen molar-refractivity contribution in [2.45, 2.75) is 51.2 Å². The molecule has 7 heteroatoms. The van der Waals surface area contributed by atoms with Crippen molar-refractivity contribution >= 4 is 17.3 Å². The Morgan fingerprint density at radius 3 is 2.54 bits per heavy atom. The van der Waals surface area contributed by atoms with Gasteiger partial charge in [0.05, 0.1) is 16.9 Å². The summed E-state index contributed by atoms with van der Waals surface area (Å²) in [7, 11) is 0. The number of nitrogens with zero attached hydrogens (tertiary/aromatic N) is 1. The fourth-order valence-corrected chi connectivity index (χ4v) is 2.79. The van der Waals surface area contributed by atoms with Gasteiger partial charge in [-0.05, 0) is 50.8 Å². The Bertz CT molecular complexity index is 567. The number of carbonyl (C=O) groups is 1. The highest BCUT2D eigenvalue weighted by atomic mass is 19.4. The molecule has 1 unspecified atom stereocenters. The number of piperidine rings is 1. The summed E-state index contributed by atoms with van der Waals surface area (Å²) in [6.45, 7) is 3.36. The van der Waals surface area contributed by atoms with Crippen LogP contribution in [0.1, 0.15) is 44.6 Å². The van der Waals surface area contributed by atoms with E-state index in [1.54, 1.807) is 6.92 Å². The zero-order valence-electron chi connectivity index (χ0n) is 13.8. The first-order chi connectivity index (χ1) is 11.3. The van der Waals surface area contributed by atoms with Gasteiger partial charge in [-0.2, -0.15) is 13.2 Å². The lowest BCUT2D eigenvalue weighted by Gasteiger charge is -2.31. The molecule has 1 aromatic rings. The molecule has 24 heavy (non-hydrogen) atoms. The number of amides is 1. The second kappa shape index (κ2) is 7.88. The number of hydrogen-bond acceptors (Lipinski definition) is 3. The van der Waals surface area contributed by atoms with Gasteiger partial charge in [0.15, 0.2) is 0 Å². The molecular weight excluding hydrogens is 319 g/mol. The number of hydrogen-bond donors (Lipinski definition) is 2. The van der Waals surface area contributed by atoms with Gasteiger partial charge >= 0.3 is 6.18 Å². The van der Waals surface area contributed by atoms with E-state index in [0.717, 1.165) is 44.5 Å². The highest BCUT2D eigenvalue weighted by Gasteiger charge is 2.31. The zero-order chi connectivity index (χ0) is 17.7. The van der Waals surface area contributed by atoms with Gasteiger partial charge in [0.25, 0.3) is 0 Å². The van der Waals surface area contributed by atoms with E-state index in [4.69, 9.17) is 5.73 Å². The number of anilines is 2. The monoisotopic (exact) mass is 343 g/mol. The van der Waals surface area contributed by atoms with Crippen molar-refractivity contribution in [1.82, 2.24) is 0 Å². The number of alkyl halides is 3. The molecular formula is C17H24F3N3O. The first-order valence-electron chi connectivity index (χ1n) is 8.29. The summed E-state index contributed by atoms with van der Waals surface area (Å²) in [6.07, 6.45) is -0.645. The van der Waals surface area contributed by atoms with Gasteiger partial charge < -0.3 is 16.0 Å². The van der Waals surface area contributed by atoms with Crippen molar-refractivity contribution < 1.29 is 18.0 Å². The predicted octanol–water partition coefficient (Wildman–Crippen LogP) is 3.76. The Morgan fingerprint density at radius 1 is 1.29 bits per heavy atom. The largest absolute Gasteiger partial charge is 0.416 e. The van der Waals surface area contributed by atoms with E-state index in [0.29, 0.717) is 12.1 Å². The number of rotatable bonds is 5. The van der Waals surface area contributed by atoms with Gasteiger partial charge in [-0.25, -0.2) is 0 Å². The topological polar surface area (TPSA) is 58.4 Å². The lowest BCUT2D eigenvalue weighted by molar-refractivity contribution is -0.137. The molecule has 1 aromatic carbocycles. The zero-order valence-corrected chi connectivity index (χ0v) is 13.8. The third-order valence-corrected chi connectivity index (χ3v) is 4.12. The van der Waals surface area contributed by atoms with Crippen molar-refractivity contribution in [2.75, 3.05) is 23.3 Å². The van der Waals surface area contributed by atoms with Gasteiger partial charge in [-0.15, -0.1) is 0 Å². The summed E-state index contributed by atoms with van der Waals surface area (Å²) in [4.78, 5) is 14.1. The number of benzene rings is 1. The molecule has 3 N–H and O–H groups in total. The van der Waals surface area contributed by atoms with E-state index in [9.17, 15) is 18.0 Å². The molecule has 0 radical (unpaired) electrons. The van der Waals surface area contributed by atoms with Gasteiger partial charge in [-0.1, -0.05) is 0 Å². The molecule has 0 spiro atoms. The molecule has 0 aromatic heterocycles. The average Bonchev–Trinajstić information content (AvgIpc) is 2.53. The van der Waals surface area contributed by atoms with Gasteiger partial charge in [0, 0.05) is 25.6 Å². The molecule has 0 aliphatic carbocycles. The van der Waals surface area contributed by atoms with Crippen molar-refractivity contribution in [2.24, 2.45) is 5.73 Å². The maximum atomic E-state index is 13.0. The molecule has 1 fully saturated rings. The first-order valence-corrected chi connectivity index (χ1v) is 8.29. The summed E-state index contributed by atoms with van der Waals surface area (Å²) in [6, 6.07) is 3.42. The van der Waals surface area contributed by atoms with Crippen LogP contribution in [-0.4, -0.2) is 25.0 Å². The Kier molecular flexibility index (Phi) is 6.10. The third kappa shape index (κ3) is 5.12. The average molecular weight is 343 g/mol. The van der Waals surface area contributed by atoms with Gasteiger partial charge in [0.1, 0.15) is 0 Å². The Hall–Kier alpha value is -1.76. The minimum atomic E-state index is -4.44. The lowest BCUT2D eigenvalue weighted by atomic mass is 10.1. The molecule has 1 aliphatic heterocycles. The van der Waals surface area contributed by atoms with E-state index in [1.165, 1.54) is 6.07 Å². The number of halogens is 3. The third-order valence-electron chi connectivity index (χ3n) is 4.12. The first kappa shape index (κ1) is 18.6. The van der Waals surface area contributed by atoms with Crippen LogP contribution < -0.4 is 16.0 Å². The van der Waals surface area contributed by atoms with E-state index in [-0.39, 0.29) is 24.1 Å². The van der Waals surface area contributed by atoms with Crippen LogP contribution in [0.2, 0.25) is 0 Å². The predicted molar refractivity (Wildman–Crippen MR) is 89.0 cm³/mol. The SMILES string of the molecule is CC(N)CCC(=O)Nc1cc(C(F)(F)F)ccc1N1CCCCC1. The molecule has 1 saturated heterocycles. The fraction of sp³-hybridized carbons (Fsp3) is 0.588. The summed E-state index contributed by atoms with van der Waals surface area (Å²) in [5, 5.41) is 2.64. The van der Waals surface area contributed by atoms with Crippen LogP contribution in [0.15, 0.2) is 18.2 Å². The maximum absolute atomic E-state index is 13.0. The molecule has 1 aliphatic rings. The second-order valence-electron chi connectivity index (χ2n) is 6.34. The van der Waals surface area contributed by atoms with Crippen molar-refractivity contribution in [3.63, 3.8) is 0 Å². The number of nitrogens with two attached hydrogens (primary N) is 1. The molecule has 1 amide bonds. The Balaban J connectivity index is 2.24. The number of carbonyl (C=O) groups excluding carboxylic acids is 1. The van der Waals surface area contributed by atoms with Crippen LogP contribution in [0, 0.1) is 0 Å². The highest BCUT2D eigenvalue weighted by Crippen LogP contribution is 2.36. The van der Waals surface area contributed by atoms with Crippen LogP contribution in [-0.2, 0) is 11.0 Å². The summed E-state index contributed by atoms with van der Waals surface area (Å²) < 4.78 is 39.0. The fourth-order valence-electron chi connectivity index (χ4n) is 2.79. The van der Waals surface area contributed by atoms with Crippen LogP contribution in [0.4, 0.5) is 24.5 Å². The van der Waals surface area contributed by atoms with Crippen LogP contribution in [0.5, 0.6) is 0 Å². The Labute approximate surface area is 140 Å².